The highest BCUT2D eigenvalue weighted by Crippen LogP contribution is 2.16. The zero-order valence-electron chi connectivity index (χ0n) is 21.4. The lowest BCUT2D eigenvalue weighted by atomic mass is 10.2. The second kappa shape index (κ2) is 10.6. The molecule has 206 valence electrons. The Labute approximate surface area is 228 Å². The van der Waals surface area contributed by atoms with Crippen LogP contribution in [0.2, 0.25) is 0 Å². The molecule has 4 N–H and O–H groups in total. The number of benzene rings is 2. The highest BCUT2D eigenvalue weighted by atomic mass is 32.2. The normalized spacial score (nSPS) is 11.3. The summed E-state index contributed by atoms with van der Waals surface area (Å²) < 4.78 is 52.7. The molecular formula is C25H23N7O6S2. The third kappa shape index (κ3) is 6.33. The highest BCUT2D eigenvalue weighted by molar-refractivity contribution is 7.92. The van der Waals surface area contributed by atoms with Crippen molar-refractivity contribution in [1.82, 2.24) is 19.6 Å². The van der Waals surface area contributed by atoms with Crippen LogP contribution in [0.4, 0.5) is 11.4 Å². The third-order valence-electron chi connectivity index (χ3n) is 5.47. The average molecular weight is 582 g/mol. The average Bonchev–Trinajstić information content (AvgIpc) is 3.33. The molecule has 0 aliphatic heterocycles. The summed E-state index contributed by atoms with van der Waals surface area (Å²) in [7, 11) is -6.91. The van der Waals surface area contributed by atoms with Gasteiger partial charge in [-0.05, 0) is 67.6 Å². The molecule has 2 aromatic carbocycles. The maximum absolute atomic E-state index is 13.0. The summed E-state index contributed by atoms with van der Waals surface area (Å²) in [6.07, 6.45) is 4.72. The quantitative estimate of drug-likeness (QED) is 0.228. The molecule has 0 atom stereocenters. The van der Waals surface area contributed by atoms with Gasteiger partial charge in [-0.1, -0.05) is 0 Å². The van der Waals surface area contributed by atoms with Gasteiger partial charge in [0.05, 0.1) is 35.0 Å². The molecule has 0 bridgehead atoms. The molecule has 0 fully saturated rings. The van der Waals surface area contributed by atoms with E-state index in [1.807, 2.05) is 6.07 Å². The third-order valence-corrected chi connectivity index (χ3v) is 6.68. The van der Waals surface area contributed by atoms with Crippen LogP contribution in [0.15, 0.2) is 63.9 Å². The van der Waals surface area contributed by atoms with Gasteiger partial charge in [-0.25, -0.2) is 26.2 Å². The van der Waals surface area contributed by atoms with Crippen LogP contribution in [0.1, 0.15) is 22.5 Å². The number of aromatic nitrogens is 4. The second-order valence-corrected chi connectivity index (χ2v) is 12.2. The SMILES string of the molecule is Cc1[nH]n(-c2ccc(NS(C)(=O)=O)cc2)c(=O)c1C=C=Cc1c(C#N)[nH]n(-c2ccc(NS(C)(=O)=O)cc2)c1=O. The van der Waals surface area contributed by atoms with Gasteiger partial charge in [-0.15, -0.1) is 5.73 Å². The van der Waals surface area contributed by atoms with E-state index in [9.17, 15) is 31.7 Å². The van der Waals surface area contributed by atoms with E-state index in [1.54, 1.807) is 19.1 Å². The molecule has 0 unspecified atom stereocenters. The van der Waals surface area contributed by atoms with Crippen LogP contribution in [0.5, 0.6) is 0 Å². The minimum Gasteiger partial charge on any atom is -0.295 e. The predicted octanol–water partition coefficient (Wildman–Crippen LogP) is 1.89. The molecule has 4 aromatic rings. The smallest absolute Gasteiger partial charge is 0.280 e. The maximum Gasteiger partial charge on any atom is 0.280 e. The molecule has 15 heteroatoms. The van der Waals surface area contributed by atoms with Crippen LogP contribution in [0, 0.1) is 18.3 Å². The minimum absolute atomic E-state index is 0.0135. The summed E-state index contributed by atoms with van der Waals surface area (Å²) >= 11 is 0. The van der Waals surface area contributed by atoms with Crippen molar-refractivity contribution in [2.75, 3.05) is 22.0 Å². The van der Waals surface area contributed by atoms with E-state index in [0.717, 1.165) is 17.2 Å². The van der Waals surface area contributed by atoms with Crippen molar-refractivity contribution in [3.05, 3.63) is 97.5 Å². The van der Waals surface area contributed by atoms with Crippen LogP contribution >= 0.6 is 0 Å². The second-order valence-electron chi connectivity index (χ2n) is 8.74. The first-order chi connectivity index (χ1) is 18.8. The van der Waals surface area contributed by atoms with E-state index in [1.165, 1.54) is 53.2 Å². The van der Waals surface area contributed by atoms with Gasteiger partial charge in [0.1, 0.15) is 11.8 Å². The summed E-state index contributed by atoms with van der Waals surface area (Å²) in [5, 5.41) is 15.2. The van der Waals surface area contributed by atoms with Crippen molar-refractivity contribution in [2.45, 2.75) is 6.92 Å². The van der Waals surface area contributed by atoms with Gasteiger partial charge in [0.25, 0.3) is 11.1 Å². The molecule has 40 heavy (non-hydrogen) atoms. The Kier molecular flexibility index (Phi) is 7.43. The maximum atomic E-state index is 13.0. The molecule has 0 aliphatic carbocycles. The topological polar surface area (TPSA) is 192 Å². The van der Waals surface area contributed by atoms with Crippen LogP contribution in [0.25, 0.3) is 23.5 Å². The molecule has 2 aromatic heterocycles. The summed E-state index contributed by atoms with van der Waals surface area (Å²) in [5.74, 6) is 0. The monoisotopic (exact) mass is 581 g/mol. The van der Waals surface area contributed by atoms with E-state index in [4.69, 9.17) is 0 Å². The lowest BCUT2D eigenvalue weighted by molar-refractivity contribution is 0.605. The Morgan fingerprint density at radius 3 is 1.62 bits per heavy atom. The lowest BCUT2D eigenvalue weighted by Crippen LogP contribution is -2.16. The summed E-state index contributed by atoms with van der Waals surface area (Å²) in [6.45, 7) is 1.68. The number of rotatable bonds is 8. The van der Waals surface area contributed by atoms with Crippen LogP contribution in [0.3, 0.4) is 0 Å². The van der Waals surface area contributed by atoms with E-state index in [-0.39, 0.29) is 16.8 Å². The Balaban J connectivity index is 1.63. The van der Waals surface area contributed by atoms with Gasteiger partial charge in [0, 0.05) is 17.1 Å². The molecule has 0 amide bonds. The van der Waals surface area contributed by atoms with E-state index >= 15 is 0 Å². The van der Waals surface area contributed by atoms with Gasteiger partial charge < -0.3 is 0 Å². The Morgan fingerprint density at radius 2 is 1.18 bits per heavy atom. The fraction of sp³-hybridized carbons (Fsp3) is 0.120. The molecule has 2 heterocycles. The van der Waals surface area contributed by atoms with E-state index < -0.39 is 31.2 Å². The standard InChI is InChI=1S/C25H23N7O6S2/c1-16-21(24(33)31(27-16)19-11-7-17(8-12-19)29-39(2,35)36)5-4-6-22-23(15-26)28-32(25(22)34)20-13-9-18(10-14-20)30-40(3,37)38/h5-14,27-30H,1-3H3. The number of aryl methyl sites for hydroxylation is 1. The Hall–Kier alpha value is -5.03. The predicted molar refractivity (Wildman–Crippen MR) is 152 cm³/mol. The van der Waals surface area contributed by atoms with Crippen LogP contribution < -0.4 is 20.6 Å². The number of anilines is 2. The number of hydrogen-bond donors (Lipinski definition) is 4. The zero-order valence-corrected chi connectivity index (χ0v) is 23.0. The van der Waals surface area contributed by atoms with Crippen molar-refractivity contribution in [3.8, 4) is 17.4 Å². The van der Waals surface area contributed by atoms with Crippen LogP contribution in [-0.2, 0) is 20.0 Å². The fourth-order valence-electron chi connectivity index (χ4n) is 3.76. The largest absolute Gasteiger partial charge is 0.295 e. The van der Waals surface area contributed by atoms with Crippen molar-refractivity contribution in [1.29, 1.82) is 5.26 Å². The summed E-state index contributed by atoms with van der Waals surface area (Å²) in [6, 6.07) is 14.0. The molecular weight excluding hydrogens is 558 g/mol. The molecule has 0 radical (unpaired) electrons. The first-order valence-corrected chi connectivity index (χ1v) is 15.2. The molecule has 0 saturated heterocycles. The Bertz CT molecular complexity index is 2030. The van der Waals surface area contributed by atoms with E-state index in [2.05, 4.69) is 25.4 Å². The van der Waals surface area contributed by atoms with Crippen molar-refractivity contribution in [2.24, 2.45) is 0 Å². The van der Waals surface area contributed by atoms with Crippen LogP contribution in [-0.4, -0.2) is 48.9 Å². The zero-order chi connectivity index (χ0) is 29.2. The number of nitrogens with one attached hydrogen (secondary N) is 4. The minimum atomic E-state index is -3.47. The molecule has 0 aliphatic rings. The summed E-state index contributed by atoms with van der Waals surface area (Å²) in [4.78, 5) is 26.0. The molecule has 4 rings (SSSR count). The molecule has 0 spiro atoms. The lowest BCUT2D eigenvalue weighted by Gasteiger charge is -2.05. The highest BCUT2D eigenvalue weighted by Gasteiger charge is 2.14. The number of nitrogens with zero attached hydrogens (tertiary/aromatic N) is 3. The fourth-order valence-corrected chi connectivity index (χ4v) is 4.88. The van der Waals surface area contributed by atoms with Crippen molar-refractivity contribution < 1.29 is 16.8 Å². The van der Waals surface area contributed by atoms with Crippen molar-refractivity contribution in [3.63, 3.8) is 0 Å². The molecule has 13 nitrogen and oxygen atoms in total. The Morgan fingerprint density at radius 1 is 0.750 bits per heavy atom. The van der Waals surface area contributed by atoms with Crippen molar-refractivity contribution >= 4 is 43.6 Å². The number of nitriles is 1. The first kappa shape index (κ1) is 28.0. The van der Waals surface area contributed by atoms with E-state index in [0.29, 0.717) is 28.4 Å². The number of H-pyrrole nitrogens is 2. The van der Waals surface area contributed by atoms with Gasteiger partial charge in [0.2, 0.25) is 20.0 Å². The molecule has 0 saturated carbocycles. The number of hydrogen-bond acceptors (Lipinski definition) is 7. The van der Waals surface area contributed by atoms with Gasteiger partial charge >= 0.3 is 0 Å². The van der Waals surface area contributed by atoms with Gasteiger partial charge in [0.15, 0.2) is 0 Å². The van der Waals surface area contributed by atoms with Gasteiger partial charge in [-0.3, -0.25) is 29.2 Å². The first-order valence-electron chi connectivity index (χ1n) is 11.4. The van der Waals surface area contributed by atoms with Gasteiger partial charge in [-0.2, -0.15) is 5.26 Å². The summed E-state index contributed by atoms with van der Waals surface area (Å²) in [5.41, 5.74) is 4.08. The number of aromatic amines is 2. The number of sulfonamides is 2.